The molecule has 0 spiro atoms. The average molecular weight is 303 g/mol. The molecule has 1 aromatic carbocycles. The summed E-state index contributed by atoms with van der Waals surface area (Å²) >= 11 is 6.37. The van der Waals surface area contributed by atoms with Crippen LogP contribution in [0.2, 0.25) is 4.47 Å². The highest BCUT2D eigenvalue weighted by Gasteiger charge is 2.17. The normalized spacial score (nSPS) is 10.2. The third-order valence-corrected chi connectivity index (χ3v) is 3.01. The molecule has 0 aliphatic carbocycles. The number of nitro benzene ring substituents is 1. The van der Waals surface area contributed by atoms with E-state index in [1.807, 2.05) is 0 Å². The van der Waals surface area contributed by atoms with Gasteiger partial charge in [-0.15, -0.1) is 10.2 Å². The molecule has 1 aromatic heterocycles. The van der Waals surface area contributed by atoms with E-state index >= 15 is 0 Å². The molecule has 0 aliphatic rings. The number of carbonyl (C=O) groups excluding carboxylic acids is 1. The van der Waals surface area contributed by atoms with Crippen molar-refractivity contribution in [3.63, 3.8) is 0 Å². The van der Waals surface area contributed by atoms with Gasteiger partial charge in [-0.2, -0.15) is 4.39 Å². The number of amides is 1. The molecule has 0 fully saturated rings. The highest BCUT2D eigenvalue weighted by molar-refractivity contribution is 7.17. The Bertz CT molecular complexity index is 663. The predicted molar refractivity (Wildman–Crippen MR) is 65.9 cm³/mol. The SMILES string of the molecule is O=C(Nc1ccc(F)c([N+](=O)[O-])c1)c1nnc(Cl)s1. The van der Waals surface area contributed by atoms with Gasteiger partial charge in [0.15, 0.2) is 0 Å². The van der Waals surface area contributed by atoms with Gasteiger partial charge in [0.2, 0.25) is 15.3 Å². The molecule has 0 aliphatic heterocycles. The van der Waals surface area contributed by atoms with Crippen LogP contribution in [0.3, 0.4) is 0 Å². The summed E-state index contributed by atoms with van der Waals surface area (Å²) in [6, 6.07) is 3.00. The van der Waals surface area contributed by atoms with Crippen LogP contribution in [0.5, 0.6) is 0 Å². The summed E-state index contributed by atoms with van der Waals surface area (Å²) in [4.78, 5) is 21.3. The Morgan fingerprint density at radius 3 is 2.79 bits per heavy atom. The lowest BCUT2D eigenvalue weighted by molar-refractivity contribution is -0.387. The van der Waals surface area contributed by atoms with E-state index in [2.05, 4.69) is 15.5 Å². The molecule has 2 aromatic rings. The van der Waals surface area contributed by atoms with E-state index in [9.17, 15) is 19.3 Å². The Morgan fingerprint density at radius 2 is 2.21 bits per heavy atom. The minimum absolute atomic E-state index is 0.00280. The fraction of sp³-hybridized carbons (Fsp3) is 0. The Labute approximate surface area is 114 Å². The van der Waals surface area contributed by atoms with E-state index < -0.39 is 22.3 Å². The summed E-state index contributed by atoms with van der Waals surface area (Å²) < 4.78 is 13.2. The Hall–Kier alpha value is -2.13. The molecule has 1 amide bonds. The van der Waals surface area contributed by atoms with E-state index in [1.54, 1.807) is 0 Å². The van der Waals surface area contributed by atoms with E-state index in [0.717, 1.165) is 23.5 Å². The maximum Gasteiger partial charge on any atom is 0.306 e. The lowest BCUT2D eigenvalue weighted by Gasteiger charge is -2.02. The molecule has 0 atom stereocenters. The van der Waals surface area contributed by atoms with Crippen LogP contribution in [0.1, 0.15) is 9.80 Å². The van der Waals surface area contributed by atoms with Crippen LogP contribution in [0.25, 0.3) is 0 Å². The fourth-order valence-corrected chi connectivity index (χ4v) is 1.94. The zero-order chi connectivity index (χ0) is 14.0. The van der Waals surface area contributed by atoms with Crippen molar-refractivity contribution in [3.8, 4) is 0 Å². The van der Waals surface area contributed by atoms with Crippen LogP contribution in [-0.4, -0.2) is 21.0 Å². The molecule has 0 bridgehead atoms. The van der Waals surface area contributed by atoms with Crippen LogP contribution in [0, 0.1) is 15.9 Å². The molecular weight excluding hydrogens is 299 g/mol. The number of hydrogen-bond donors (Lipinski definition) is 1. The monoisotopic (exact) mass is 302 g/mol. The largest absolute Gasteiger partial charge is 0.320 e. The molecule has 98 valence electrons. The number of anilines is 1. The summed E-state index contributed by atoms with van der Waals surface area (Å²) in [5.74, 6) is -1.62. The molecule has 10 heteroatoms. The molecule has 0 saturated carbocycles. The molecule has 0 saturated heterocycles. The van der Waals surface area contributed by atoms with Crippen LogP contribution >= 0.6 is 22.9 Å². The number of nitrogens with zero attached hydrogens (tertiary/aromatic N) is 3. The molecule has 7 nitrogen and oxygen atoms in total. The quantitative estimate of drug-likeness (QED) is 0.694. The fourth-order valence-electron chi connectivity index (χ4n) is 1.21. The van der Waals surface area contributed by atoms with E-state index in [4.69, 9.17) is 11.6 Å². The number of benzene rings is 1. The Morgan fingerprint density at radius 1 is 1.47 bits per heavy atom. The second-order valence-electron chi connectivity index (χ2n) is 3.24. The van der Waals surface area contributed by atoms with Gasteiger partial charge in [-0.05, 0) is 23.7 Å². The number of rotatable bonds is 3. The molecule has 1 N–H and O–H groups in total. The van der Waals surface area contributed by atoms with Crippen LogP contribution in [0.4, 0.5) is 15.8 Å². The summed E-state index contributed by atoms with van der Waals surface area (Å²) in [6.45, 7) is 0. The van der Waals surface area contributed by atoms with Crippen LogP contribution in [-0.2, 0) is 0 Å². The lowest BCUT2D eigenvalue weighted by atomic mass is 10.2. The highest BCUT2D eigenvalue weighted by Crippen LogP contribution is 2.22. The van der Waals surface area contributed by atoms with Gasteiger partial charge in [-0.25, -0.2) is 0 Å². The molecule has 2 rings (SSSR count). The first-order valence-corrected chi connectivity index (χ1v) is 5.91. The van der Waals surface area contributed by atoms with Crippen molar-refractivity contribution in [2.75, 3.05) is 5.32 Å². The van der Waals surface area contributed by atoms with Gasteiger partial charge < -0.3 is 5.32 Å². The summed E-state index contributed by atoms with van der Waals surface area (Å²) in [5.41, 5.74) is -0.655. The number of nitrogens with one attached hydrogen (secondary N) is 1. The van der Waals surface area contributed by atoms with E-state index in [-0.39, 0.29) is 15.2 Å². The average Bonchev–Trinajstić information content (AvgIpc) is 2.78. The maximum atomic E-state index is 13.1. The van der Waals surface area contributed by atoms with Crippen molar-refractivity contribution in [1.29, 1.82) is 0 Å². The molecule has 19 heavy (non-hydrogen) atoms. The van der Waals surface area contributed by atoms with Gasteiger partial charge in [-0.1, -0.05) is 11.3 Å². The number of halogens is 2. The third kappa shape index (κ3) is 3.01. The molecule has 1 heterocycles. The van der Waals surface area contributed by atoms with Crippen molar-refractivity contribution in [3.05, 3.63) is 43.6 Å². The van der Waals surface area contributed by atoms with Gasteiger partial charge >= 0.3 is 5.69 Å². The first-order valence-electron chi connectivity index (χ1n) is 4.71. The first-order chi connectivity index (χ1) is 8.97. The Balaban J connectivity index is 2.22. The topological polar surface area (TPSA) is 98.0 Å². The van der Waals surface area contributed by atoms with Crippen molar-refractivity contribution in [2.45, 2.75) is 0 Å². The van der Waals surface area contributed by atoms with E-state index in [1.165, 1.54) is 6.07 Å². The minimum Gasteiger partial charge on any atom is -0.320 e. The second kappa shape index (κ2) is 5.24. The van der Waals surface area contributed by atoms with Crippen LogP contribution < -0.4 is 5.32 Å². The molecule has 0 unspecified atom stereocenters. The number of aromatic nitrogens is 2. The predicted octanol–water partition coefficient (Wildman–Crippen LogP) is 2.49. The van der Waals surface area contributed by atoms with Gasteiger partial charge in [0.1, 0.15) is 0 Å². The third-order valence-electron chi connectivity index (χ3n) is 2.00. The smallest absolute Gasteiger partial charge is 0.306 e. The van der Waals surface area contributed by atoms with Gasteiger partial charge in [0.25, 0.3) is 5.91 Å². The second-order valence-corrected chi connectivity index (χ2v) is 4.80. The van der Waals surface area contributed by atoms with Crippen molar-refractivity contribution in [1.82, 2.24) is 10.2 Å². The number of carbonyl (C=O) groups is 1. The molecular formula is C9H4ClFN4O3S. The Kier molecular flexibility index (Phi) is 3.67. The standard InChI is InChI=1S/C9H4ClFN4O3S/c10-9-14-13-8(19-9)7(16)12-4-1-2-5(11)6(3-4)15(17)18/h1-3H,(H,12,16). The van der Waals surface area contributed by atoms with Gasteiger partial charge in [-0.3, -0.25) is 14.9 Å². The van der Waals surface area contributed by atoms with Crippen molar-refractivity contribution < 1.29 is 14.1 Å². The molecule has 0 radical (unpaired) electrons. The number of hydrogen-bond acceptors (Lipinski definition) is 6. The zero-order valence-electron chi connectivity index (χ0n) is 8.96. The summed E-state index contributed by atoms with van der Waals surface area (Å²) in [5, 5.41) is 19.8. The van der Waals surface area contributed by atoms with E-state index in [0.29, 0.717) is 0 Å². The zero-order valence-corrected chi connectivity index (χ0v) is 10.5. The maximum absolute atomic E-state index is 13.1. The van der Waals surface area contributed by atoms with Crippen molar-refractivity contribution in [2.24, 2.45) is 0 Å². The van der Waals surface area contributed by atoms with Crippen LogP contribution in [0.15, 0.2) is 18.2 Å². The summed E-state index contributed by atoms with van der Waals surface area (Å²) in [7, 11) is 0. The first kappa shape index (κ1) is 13.3. The lowest BCUT2D eigenvalue weighted by Crippen LogP contribution is -2.12. The minimum atomic E-state index is -0.984. The van der Waals surface area contributed by atoms with Gasteiger partial charge in [0, 0.05) is 11.8 Å². The highest BCUT2D eigenvalue weighted by atomic mass is 35.5. The number of nitro groups is 1. The van der Waals surface area contributed by atoms with Crippen molar-refractivity contribution >= 4 is 40.2 Å². The summed E-state index contributed by atoms with van der Waals surface area (Å²) in [6.07, 6.45) is 0. The van der Waals surface area contributed by atoms with Gasteiger partial charge in [0.05, 0.1) is 4.92 Å².